The first kappa shape index (κ1) is 51.6. The molecule has 0 saturated carbocycles. The highest BCUT2D eigenvalue weighted by Gasteiger charge is 2.46. The van der Waals surface area contributed by atoms with Crippen LogP contribution in [0.25, 0.3) is 77.2 Å². The Morgan fingerprint density at radius 2 is 0.787 bits per heavy atom. The summed E-state index contributed by atoms with van der Waals surface area (Å²) >= 11 is 0. The third kappa shape index (κ3) is 7.38. The molecular formula is C65H56B13NO. The van der Waals surface area contributed by atoms with Crippen molar-refractivity contribution in [2.75, 3.05) is 4.90 Å². The highest BCUT2D eigenvalue weighted by atomic mass is 16.3. The van der Waals surface area contributed by atoms with E-state index in [2.05, 4.69) is 289 Å². The summed E-state index contributed by atoms with van der Waals surface area (Å²) in [6.45, 7) is 0. The summed E-state index contributed by atoms with van der Waals surface area (Å²) in [4.78, 5) is 2.61. The first-order chi connectivity index (χ1) is 38.7. The number of benzene rings is 11. The minimum absolute atomic E-state index is 0.580. The molecule has 366 valence electrons. The molecule has 0 radical (unpaired) electrons. The van der Waals surface area contributed by atoms with Crippen molar-refractivity contribution in [3.8, 4) is 44.5 Å². The molecule has 2 nitrogen and oxygen atoms in total. The fourth-order valence-electron chi connectivity index (χ4n) is 14.6. The third-order valence-corrected chi connectivity index (χ3v) is 19.5. The van der Waals surface area contributed by atoms with Crippen LogP contribution in [-0.2, 0) is 5.41 Å². The van der Waals surface area contributed by atoms with Gasteiger partial charge in [0.2, 0.25) is 0 Å². The van der Waals surface area contributed by atoms with Gasteiger partial charge >= 0.3 is 0 Å². The topological polar surface area (TPSA) is 16.4 Å². The Morgan fingerprint density at radius 1 is 0.325 bits per heavy atom. The van der Waals surface area contributed by atoms with E-state index in [1.807, 2.05) is 0 Å². The SMILES string of the molecule is Bc1c(B)c(B)c(-c2c(B)c(B)c(-c3c(B)c(B)c(N(c4ccc5c(c4)C(c4ccccc4)(c4ccccc4)c4ccccc4-5)c4ccccc4-c4cccc5oc6c7ccccc7ccc6c45)c(B)c3B)c(B)c2B)c(B)c1B. The molecule has 0 N–H and O–H groups in total. The molecular weight excluding hydrogens is 951 g/mol. The normalized spacial score (nSPS) is 12.5. The van der Waals surface area contributed by atoms with Gasteiger partial charge in [0, 0.05) is 33.1 Å². The number of hydrogen-bond donors (Lipinski definition) is 0. The summed E-state index contributed by atoms with van der Waals surface area (Å²) in [6, 6.07) is 67.4. The van der Waals surface area contributed by atoms with E-state index in [0.29, 0.717) is 0 Å². The van der Waals surface area contributed by atoms with Crippen molar-refractivity contribution >= 4 is 223 Å². The highest BCUT2D eigenvalue weighted by Crippen LogP contribution is 2.57. The van der Waals surface area contributed by atoms with E-state index >= 15 is 0 Å². The van der Waals surface area contributed by atoms with Gasteiger partial charge in [-0.05, 0) is 96.9 Å². The molecule has 1 aliphatic carbocycles. The zero-order valence-corrected chi connectivity index (χ0v) is 48.7. The molecule has 0 fully saturated rings. The number of furan rings is 1. The maximum Gasteiger partial charge on any atom is 0.143 e. The van der Waals surface area contributed by atoms with Crippen molar-refractivity contribution in [2.24, 2.45) is 0 Å². The van der Waals surface area contributed by atoms with Crippen molar-refractivity contribution in [1.82, 2.24) is 0 Å². The molecule has 0 saturated heterocycles. The van der Waals surface area contributed by atoms with Gasteiger partial charge < -0.3 is 9.32 Å². The van der Waals surface area contributed by atoms with E-state index in [0.717, 1.165) is 49.8 Å². The van der Waals surface area contributed by atoms with Gasteiger partial charge in [-0.25, -0.2) is 0 Å². The molecule has 12 aromatic rings. The van der Waals surface area contributed by atoms with E-state index in [1.54, 1.807) is 0 Å². The molecule has 0 atom stereocenters. The van der Waals surface area contributed by atoms with Gasteiger partial charge in [0.25, 0.3) is 0 Å². The second-order valence-electron chi connectivity index (χ2n) is 23.0. The largest absolute Gasteiger partial charge is 0.455 e. The predicted octanol–water partition coefficient (Wildman–Crippen LogP) is -5.07. The van der Waals surface area contributed by atoms with E-state index in [9.17, 15) is 0 Å². The molecule has 1 aliphatic rings. The van der Waals surface area contributed by atoms with Crippen LogP contribution in [0.5, 0.6) is 0 Å². The van der Waals surface area contributed by atoms with E-state index in [-0.39, 0.29) is 0 Å². The number of anilines is 3. The van der Waals surface area contributed by atoms with Gasteiger partial charge in [0.05, 0.1) is 11.1 Å². The molecule has 1 aromatic heterocycles. The quantitative estimate of drug-likeness (QED) is 0.142. The van der Waals surface area contributed by atoms with Crippen LogP contribution in [0.2, 0.25) is 0 Å². The summed E-state index contributed by atoms with van der Waals surface area (Å²) in [6.07, 6.45) is 0. The lowest BCUT2D eigenvalue weighted by Gasteiger charge is -2.37. The van der Waals surface area contributed by atoms with Crippen molar-refractivity contribution < 1.29 is 4.42 Å². The van der Waals surface area contributed by atoms with Crippen LogP contribution in [0, 0.1) is 0 Å². The van der Waals surface area contributed by atoms with E-state index in [1.165, 1.54) is 138 Å². The van der Waals surface area contributed by atoms with Gasteiger partial charge in [0.15, 0.2) is 0 Å². The maximum atomic E-state index is 6.89. The highest BCUT2D eigenvalue weighted by molar-refractivity contribution is 6.72. The van der Waals surface area contributed by atoms with Crippen LogP contribution in [-0.4, -0.2) is 102 Å². The Hall–Kier alpha value is -7.88. The minimum Gasteiger partial charge on any atom is -0.455 e. The van der Waals surface area contributed by atoms with Gasteiger partial charge in [0.1, 0.15) is 113 Å². The summed E-state index contributed by atoms with van der Waals surface area (Å²) in [5.41, 5.74) is 37.4. The number of nitrogens with zero attached hydrogens (tertiary/aromatic N) is 1. The van der Waals surface area contributed by atoms with Crippen LogP contribution < -0.4 is 75.9 Å². The molecule has 0 spiro atoms. The first-order valence-electron chi connectivity index (χ1n) is 28.5. The van der Waals surface area contributed by atoms with Gasteiger partial charge in [-0.15, -0.1) is 16.4 Å². The number of fused-ring (bicyclic) bond motifs is 8. The van der Waals surface area contributed by atoms with E-state index in [4.69, 9.17) is 4.42 Å². The lowest BCUT2D eigenvalue weighted by atomic mass is 9.55. The summed E-state index contributed by atoms with van der Waals surface area (Å²) in [7, 11) is 30.5. The van der Waals surface area contributed by atoms with Crippen molar-refractivity contribution in [3.63, 3.8) is 0 Å². The number of para-hydroxylation sites is 1. The molecule has 80 heavy (non-hydrogen) atoms. The third-order valence-electron chi connectivity index (χ3n) is 19.5. The molecule has 0 unspecified atom stereocenters. The van der Waals surface area contributed by atoms with Crippen LogP contribution in [0.4, 0.5) is 17.1 Å². The average molecular weight is 1010 g/mol. The zero-order chi connectivity index (χ0) is 55.6. The lowest BCUT2D eigenvalue weighted by Crippen LogP contribution is -2.57. The Balaban J connectivity index is 1.10. The molecule has 0 amide bonds. The molecule has 0 aliphatic heterocycles. The van der Waals surface area contributed by atoms with Crippen LogP contribution in [0.1, 0.15) is 22.3 Å². The molecule has 0 bridgehead atoms. The second kappa shape index (κ2) is 19.4. The lowest BCUT2D eigenvalue weighted by molar-refractivity contribution is 0.673. The van der Waals surface area contributed by atoms with Gasteiger partial charge in [-0.3, -0.25) is 0 Å². The van der Waals surface area contributed by atoms with Gasteiger partial charge in [-0.2, -0.15) is 0 Å². The summed E-state index contributed by atoms with van der Waals surface area (Å²) in [5, 5.41) is 4.52. The smallest absolute Gasteiger partial charge is 0.143 e. The zero-order valence-electron chi connectivity index (χ0n) is 48.7. The predicted molar refractivity (Wildman–Crippen MR) is 386 cm³/mol. The number of rotatable bonds is 8. The fraction of sp³-hybridized carbons (Fsp3) is 0.0154. The van der Waals surface area contributed by atoms with Crippen molar-refractivity contribution in [3.05, 3.63) is 204 Å². The monoisotopic (exact) mass is 1010 g/mol. The summed E-state index contributed by atoms with van der Waals surface area (Å²) in [5.74, 6) is 0. The van der Waals surface area contributed by atoms with Crippen LogP contribution >= 0.6 is 0 Å². The van der Waals surface area contributed by atoms with E-state index < -0.39 is 5.41 Å². The van der Waals surface area contributed by atoms with Gasteiger partial charge in [-0.1, -0.05) is 206 Å². The fourth-order valence-corrected chi connectivity index (χ4v) is 14.6. The molecule has 11 aromatic carbocycles. The Morgan fingerprint density at radius 3 is 1.39 bits per heavy atom. The molecule has 1 heterocycles. The molecule has 13 rings (SSSR count). The Kier molecular flexibility index (Phi) is 12.5. The number of hydrogen-bond acceptors (Lipinski definition) is 2. The minimum atomic E-state index is -0.580. The van der Waals surface area contributed by atoms with Crippen LogP contribution in [0.15, 0.2) is 186 Å². The first-order valence-corrected chi connectivity index (χ1v) is 28.5. The van der Waals surface area contributed by atoms with Crippen molar-refractivity contribution in [1.29, 1.82) is 0 Å². The Bertz CT molecular complexity index is 4470. The average Bonchev–Trinajstić information content (AvgIpc) is 4.14. The molecule has 15 heteroatoms. The Labute approximate surface area is 483 Å². The van der Waals surface area contributed by atoms with Crippen LogP contribution in [0.3, 0.4) is 0 Å². The summed E-state index contributed by atoms with van der Waals surface area (Å²) < 4.78 is 6.89. The van der Waals surface area contributed by atoms with Crippen molar-refractivity contribution in [2.45, 2.75) is 5.41 Å². The second-order valence-corrected chi connectivity index (χ2v) is 23.0. The maximum absolute atomic E-state index is 6.89. The standard InChI is InChI=1S/C65H56B13NO/c66-50-46(48-54(70)58(74)60(76)59(75)55(48)71)51(67)53(69)47(52(50)68)49-56(72)61(77)63(62(78)57(49)73)79(43-24-12-10-21-38(43)39-22-13-25-44-45(39)40-28-26-31-14-7-8-19-35(31)64(40)80-44)34-27-29-37-36-20-9-11-23-41(36)65(42(37)30-34,32-15-3-1-4-16-32)33-17-5-2-6-18-33/h1-30H,66-78H2.